The van der Waals surface area contributed by atoms with Crippen LogP contribution in [-0.4, -0.2) is 12.9 Å². The fourth-order valence-corrected chi connectivity index (χ4v) is 2.11. The maximum atomic E-state index is 12.1. The summed E-state index contributed by atoms with van der Waals surface area (Å²) in [7, 11) is 1.62. The molecule has 0 spiro atoms. The number of ketones is 1. The summed E-state index contributed by atoms with van der Waals surface area (Å²) in [4.78, 5) is 12.1. The highest BCUT2D eigenvalue weighted by atomic mass is 16.5. The van der Waals surface area contributed by atoms with Crippen LogP contribution >= 0.6 is 0 Å². The second-order valence-corrected chi connectivity index (χ2v) is 4.63. The molecule has 0 saturated heterocycles. The fourth-order valence-electron chi connectivity index (χ4n) is 2.11. The van der Waals surface area contributed by atoms with E-state index in [2.05, 4.69) is 0 Å². The number of rotatable bonds is 4. The number of ether oxygens (including phenoxy) is 1. The van der Waals surface area contributed by atoms with Crippen molar-refractivity contribution in [2.24, 2.45) is 5.92 Å². The summed E-state index contributed by atoms with van der Waals surface area (Å²) in [5.41, 5.74) is 1.85. The normalized spacial score (nSPS) is 15.6. The molecule has 0 amide bonds. The first-order valence-corrected chi connectivity index (χ1v) is 5.88. The van der Waals surface area contributed by atoms with Gasteiger partial charge in [-0.3, -0.25) is 4.79 Å². The highest BCUT2D eigenvalue weighted by Crippen LogP contribution is 2.32. The first-order valence-electron chi connectivity index (χ1n) is 5.88. The molecular formula is C14H18O2. The van der Waals surface area contributed by atoms with Crippen LogP contribution in [0.2, 0.25) is 0 Å². The molecule has 0 atom stereocenters. The lowest BCUT2D eigenvalue weighted by Gasteiger charge is -2.24. The molecule has 1 aromatic rings. The summed E-state index contributed by atoms with van der Waals surface area (Å²) in [6.07, 6.45) is 4.38. The number of methoxy groups -OCH3 is 1. The van der Waals surface area contributed by atoms with Crippen LogP contribution in [0.1, 0.15) is 41.6 Å². The Kier molecular flexibility index (Phi) is 3.28. The quantitative estimate of drug-likeness (QED) is 0.724. The molecule has 0 heterocycles. The summed E-state index contributed by atoms with van der Waals surface area (Å²) >= 11 is 0. The largest absolute Gasteiger partial charge is 0.496 e. The average Bonchev–Trinajstić information content (AvgIpc) is 2.23. The molecule has 1 aliphatic carbocycles. The van der Waals surface area contributed by atoms with E-state index in [-0.39, 0.29) is 5.78 Å². The first kappa shape index (κ1) is 11.2. The van der Waals surface area contributed by atoms with Gasteiger partial charge >= 0.3 is 0 Å². The molecule has 0 N–H and O–H groups in total. The zero-order chi connectivity index (χ0) is 11.5. The van der Waals surface area contributed by atoms with Gasteiger partial charge < -0.3 is 4.74 Å². The van der Waals surface area contributed by atoms with Gasteiger partial charge in [0.05, 0.1) is 12.7 Å². The van der Waals surface area contributed by atoms with Gasteiger partial charge in [-0.05, 0) is 25.0 Å². The minimum Gasteiger partial charge on any atom is -0.496 e. The maximum absolute atomic E-state index is 12.1. The number of carbonyl (C=O) groups excluding carboxylic acids is 1. The Balaban J connectivity index is 2.16. The van der Waals surface area contributed by atoms with E-state index >= 15 is 0 Å². The van der Waals surface area contributed by atoms with Crippen molar-refractivity contribution in [1.82, 2.24) is 0 Å². The van der Waals surface area contributed by atoms with E-state index in [1.807, 2.05) is 25.1 Å². The molecule has 1 saturated carbocycles. The van der Waals surface area contributed by atoms with Gasteiger partial charge in [-0.2, -0.15) is 0 Å². The molecule has 1 fully saturated rings. The third-order valence-corrected chi connectivity index (χ3v) is 3.35. The lowest BCUT2D eigenvalue weighted by molar-refractivity contribution is 0.0933. The molecule has 0 bridgehead atoms. The van der Waals surface area contributed by atoms with E-state index in [1.165, 1.54) is 19.3 Å². The molecule has 0 aliphatic heterocycles. The summed E-state index contributed by atoms with van der Waals surface area (Å²) in [5.74, 6) is 1.54. The van der Waals surface area contributed by atoms with Crippen molar-refractivity contribution in [3.63, 3.8) is 0 Å². The van der Waals surface area contributed by atoms with Gasteiger partial charge in [0.2, 0.25) is 0 Å². The lowest BCUT2D eigenvalue weighted by atomic mass is 9.81. The molecule has 86 valence electrons. The molecule has 1 aliphatic rings. The fraction of sp³-hybridized carbons (Fsp3) is 0.500. The van der Waals surface area contributed by atoms with Crippen molar-refractivity contribution in [2.75, 3.05) is 7.11 Å². The second-order valence-electron chi connectivity index (χ2n) is 4.63. The van der Waals surface area contributed by atoms with E-state index < -0.39 is 0 Å². The maximum Gasteiger partial charge on any atom is 0.166 e. The van der Waals surface area contributed by atoms with Crippen molar-refractivity contribution < 1.29 is 9.53 Å². The number of aryl methyl sites for hydroxylation is 1. The second kappa shape index (κ2) is 4.69. The van der Waals surface area contributed by atoms with Gasteiger partial charge in [-0.15, -0.1) is 0 Å². The Hall–Kier alpha value is -1.31. The Morgan fingerprint density at radius 2 is 2.19 bits per heavy atom. The zero-order valence-electron chi connectivity index (χ0n) is 9.95. The molecule has 0 unspecified atom stereocenters. The standard InChI is InChI=1S/C14H18O2/c1-10-6-7-14(16-2)12(8-10)13(15)9-11-4-3-5-11/h6-8,11H,3-5,9H2,1-2H3. The van der Waals surface area contributed by atoms with Crippen molar-refractivity contribution in [1.29, 1.82) is 0 Å². The number of hydrogen-bond acceptors (Lipinski definition) is 2. The number of Topliss-reactive ketones (excluding diaryl/α,β-unsaturated/α-hetero) is 1. The van der Waals surface area contributed by atoms with Crippen LogP contribution in [0.3, 0.4) is 0 Å². The molecule has 2 rings (SSSR count). The van der Waals surface area contributed by atoms with Crippen molar-refractivity contribution in [2.45, 2.75) is 32.6 Å². The van der Waals surface area contributed by atoms with Crippen LogP contribution in [-0.2, 0) is 0 Å². The van der Waals surface area contributed by atoms with Gasteiger partial charge in [0, 0.05) is 6.42 Å². The topological polar surface area (TPSA) is 26.3 Å². The van der Waals surface area contributed by atoms with Crippen molar-refractivity contribution in [3.8, 4) is 5.75 Å². The van der Waals surface area contributed by atoms with Crippen LogP contribution in [0.15, 0.2) is 18.2 Å². The predicted octanol–water partition coefficient (Wildman–Crippen LogP) is 3.38. The van der Waals surface area contributed by atoms with Crippen molar-refractivity contribution in [3.05, 3.63) is 29.3 Å². The highest BCUT2D eigenvalue weighted by Gasteiger charge is 2.22. The Morgan fingerprint density at radius 1 is 1.44 bits per heavy atom. The van der Waals surface area contributed by atoms with E-state index in [9.17, 15) is 4.79 Å². The summed E-state index contributed by atoms with van der Waals surface area (Å²) in [6.45, 7) is 2.00. The van der Waals surface area contributed by atoms with Crippen LogP contribution in [0.25, 0.3) is 0 Å². The summed E-state index contributed by atoms with van der Waals surface area (Å²) in [5, 5.41) is 0. The molecular weight excluding hydrogens is 200 g/mol. The highest BCUT2D eigenvalue weighted by molar-refractivity contribution is 5.99. The summed E-state index contributed by atoms with van der Waals surface area (Å²) in [6, 6.07) is 5.78. The minimum atomic E-state index is 0.227. The summed E-state index contributed by atoms with van der Waals surface area (Å²) < 4.78 is 5.23. The minimum absolute atomic E-state index is 0.227. The van der Waals surface area contributed by atoms with Gasteiger partial charge in [-0.25, -0.2) is 0 Å². The Morgan fingerprint density at radius 3 is 2.75 bits per heavy atom. The number of benzene rings is 1. The number of carbonyl (C=O) groups is 1. The third kappa shape index (κ3) is 2.26. The molecule has 0 aromatic heterocycles. The van der Waals surface area contributed by atoms with E-state index in [4.69, 9.17) is 4.74 Å². The van der Waals surface area contributed by atoms with Gasteiger partial charge in [-0.1, -0.05) is 30.9 Å². The van der Waals surface area contributed by atoms with E-state index in [0.717, 1.165) is 11.1 Å². The monoisotopic (exact) mass is 218 g/mol. The Labute approximate surface area is 96.6 Å². The lowest BCUT2D eigenvalue weighted by Crippen LogP contribution is -2.16. The Bertz CT molecular complexity index is 392. The molecule has 1 aromatic carbocycles. The van der Waals surface area contributed by atoms with Gasteiger partial charge in [0.1, 0.15) is 5.75 Å². The van der Waals surface area contributed by atoms with Crippen molar-refractivity contribution >= 4 is 5.78 Å². The van der Waals surface area contributed by atoms with Crippen LogP contribution in [0, 0.1) is 12.8 Å². The first-order chi connectivity index (χ1) is 7.70. The van der Waals surface area contributed by atoms with Crippen LogP contribution in [0.5, 0.6) is 5.75 Å². The molecule has 16 heavy (non-hydrogen) atoms. The average molecular weight is 218 g/mol. The van der Waals surface area contributed by atoms with Crippen LogP contribution in [0.4, 0.5) is 0 Å². The number of hydrogen-bond donors (Lipinski definition) is 0. The van der Waals surface area contributed by atoms with E-state index in [1.54, 1.807) is 7.11 Å². The third-order valence-electron chi connectivity index (χ3n) is 3.35. The van der Waals surface area contributed by atoms with E-state index in [0.29, 0.717) is 18.1 Å². The SMILES string of the molecule is COc1ccc(C)cc1C(=O)CC1CCC1. The predicted molar refractivity (Wildman–Crippen MR) is 64.0 cm³/mol. The van der Waals surface area contributed by atoms with Crippen LogP contribution < -0.4 is 4.74 Å². The zero-order valence-corrected chi connectivity index (χ0v) is 9.95. The van der Waals surface area contributed by atoms with Gasteiger partial charge in [0.15, 0.2) is 5.78 Å². The van der Waals surface area contributed by atoms with Gasteiger partial charge in [0.25, 0.3) is 0 Å². The molecule has 2 heteroatoms. The molecule has 0 radical (unpaired) electrons. The molecule has 2 nitrogen and oxygen atoms in total. The smallest absolute Gasteiger partial charge is 0.166 e.